The van der Waals surface area contributed by atoms with E-state index >= 15 is 0 Å². The number of ether oxygens (including phenoxy) is 1. The number of aryl methyl sites for hydroxylation is 2. The van der Waals surface area contributed by atoms with E-state index in [1.54, 1.807) is 0 Å². The fraction of sp³-hybridized carbons (Fsp3) is 0.625. The molecular formula is C16H28ClNO. The molecule has 0 spiro atoms. The summed E-state index contributed by atoms with van der Waals surface area (Å²) in [7, 11) is 0. The Kier molecular flexibility index (Phi) is 8.86. The Morgan fingerprint density at radius 1 is 1.21 bits per heavy atom. The van der Waals surface area contributed by atoms with Crippen molar-refractivity contribution in [1.29, 1.82) is 0 Å². The van der Waals surface area contributed by atoms with Crippen molar-refractivity contribution in [3.8, 4) is 5.75 Å². The predicted octanol–water partition coefficient (Wildman–Crippen LogP) is 4.05. The molecule has 19 heavy (non-hydrogen) atoms. The van der Waals surface area contributed by atoms with Crippen molar-refractivity contribution in [2.75, 3.05) is 6.61 Å². The molecule has 1 aromatic carbocycles. The molecule has 1 unspecified atom stereocenters. The highest BCUT2D eigenvalue weighted by Crippen LogP contribution is 2.27. The molecule has 1 atom stereocenters. The molecule has 1 rings (SSSR count). The maximum atomic E-state index is 6.03. The molecular weight excluding hydrogens is 258 g/mol. The van der Waals surface area contributed by atoms with Gasteiger partial charge in [0.2, 0.25) is 0 Å². The van der Waals surface area contributed by atoms with Gasteiger partial charge < -0.3 is 10.5 Å². The minimum atomic E-state index is 0. The third-order valence-electron chi connectivity index (χ3n) is 3.27. The van der Waals surface area contributed by atoms with E-state index in [4.69, 9.17) is 10.5 Å². The summed E-state index contributed by atoms with van der Waals surface area (Å²) in [6.45, 7) is 9.37. The summed E-state index contributed by atoms with van der Waals surface area (Å²) in [6.07, 6.45) is 4.03. The molecule has 110 valence electrons. The summed E-state index contributed by atoms with van der Waals surface area (Å²) in [5, 5.41) is 0. The van der Waals surface area contributed by atoms with Crippen LogP contribution in [0.4, 0.5) is 0 Å². The number of hydrogen-bond acceptors (Lipinski definition) is 2. The molecule has 0 saturated heterocycles. The molecule has 0 aromatic heterocycles. The van der Waals surface area contributed by atoms with Crippen LogP contribution in [0.1, 0.15) is 50.3 Å². The first-order valence-electron chi connectivity index (χ1n) is 7.13. The van der Waals surface area contributed by atoms with Gasteiger partial charge in [0.25, 0.3) is 0 Å². The zero-order valence-electron chi connectivity index (χ0n) is 12.7. The van der Waals surface area contributed by atoms with Crippen LogP contribution >= 0.6 is 12.4 Å². The molecule has 0 aliphatic carbocycles. The molecule has 2 nitrogen and oxygen atoms in total. The Morgan fingerprint density at radius 3 is 2.42 bits per heavy atom. The van der Waals surface area contributed by atoms with Crippen molar-refractivity contribution < 1.29 is 4.74 Å². The van der Waals surface area contributed by atoms with Crippen LogP contribution in [0.2, 0.25) is 0 Å². The first-order valence-corrected chi connectivity index (χ1v) is 7.13. The van der Waals surface area contributed by atoms with Crippen LogP contribution in [0.15, 0.2) is 12.1 Å². The molecule has 1 aromatic rings. The van der Waals surface area contributed by atoms with E-state index in [9.17, 15) is 0 Å². The van der Waals surface area contributed by atoms with Crippen molar-refractivity contribution in [3.63, 3.8) is 0 Å². The summed E-state index contributed by atoms with van der Waals surface area (Å²) >= 11 is 0. The second kappa shape index (κ2) is 9.22. The molecule has 0 heterocycles. The monoisotopic (exact) mass is 285 g/mol. The van der Waals surface area contributed by atoms with E-state index in [-0.39, 0.29) is 18.4 Å². The van der Waals surface area contributed by atoms with Gasteiger partial charge in [0.15, 0.2) is 0 Å². The standard InChI is InChI=1S/C16H27NO.ClH/c1-5-8-18-16-12(4)9-13(10-14(16)6-2)11-15(17)7-3;/h9-10,15H,5-8,11,17H2,1-4H3;1H. The minimum Gasteiger partial charge on any atom is -0.493 e. The Hall–Kier alpha value is -0.730. The van der Waals surface area contributed by atoms with Crippen molar-refractivity contribution >= 4 is 12.4 Å². The lowest BCUT2D eigenvalue weighted by atomic mass is 9.98. The Labute approximate surface area is 124 Å². The first kappa shape index (κ1) is 18.3. The van der Waals surface area contributed by atoms with E-state index in [0.717, 1.165) is 38.0 Å². The lowest BCUT2D eigenvalue weighted by molar-refractivity contribution is 0.312. The Bertz CT molecular complexity index is 379. The van der Waals surface area contributed by atoms with E-state index in [2.05, 4.69) is 39.8 Å². The van der Waals surface area contributed by atoms with Gasteiger partial charge in [-0.1, -0.05) is 32.9 Å². The summed E-state index contributed by atoms with van der Waals surface area (Å²) in [5.41, 5.74) is 9.91. The van der Waals surface area contributed by atoms with Crippen molar-refractivity contribution in [2.45, 2.75) is 59.4 Å². The van der Waals surface area contributed by atoms with Gasteiger partial charge in [-0.05, 0) is 49.3 Å². The SMILES string of the molecule is CCCOc1c(C)cc(CC(N)CC)cc1CC.Cl. The van der Waals surface area contributed by atoms with Crippen LogP contribution in [0.25, 0.3) is 0 Å². The predicted molar refractivity (Wildman–Crippen MR) is 85.6 cm³/mol. The van der Waals surface area contributed by atoms with Gasteiger partial charge in [-0.25, -0.2) is 0 Å². The Morgan fingerprint density at radius 2 is 1.89 bits per heavy atom. The van der Waals surface area contributed by atoms with Crippen LogP contribution < -0.4 is 10.5 Å². The number of rotatable bonds is 7. The largest absolute Gasteiger partial charge is 0.493 e. The molecule has 0 aliphatic rings. The normalized spacial score (nSPS) is 11.8. The van der Waals surface area contributed by atoms with E-state index in [1.807, 2.05) is 0 Å². The van der Waals surface area contributed by atoms with Crippen LogP contribution in [0.5, 0.6) is 5.75 Å². The zero-order chi connectivity index (χ0) is 13.5. The quantitative estimate of drug-likeness (QED) is 0.820. The number of halogens is 1. The van der Waals surface area contributed by atoms with Gasteiger partial charge in [-0.3, -0.25) is 0 Å². The molecule has 2 N–H and O–H groups in total. The molecule has 3 heteroatoms. The third kappa shape index (κ3) is 5.42. The summed E-state index contributed by atoms with van der Waals surface area (Å²) < 4.78 is 5.86. The molecule has 0 aliphatic heterocycles. The maximum absolute atomic E-state index is 6.03. The highest BCUT2D eigenvalue weighted by molar-refractivity contribution is 5.85. The highest BCUT2D eigenvalue weighted by atomic mass is 35.5. The first-order chi connectivity index (χ1) is 8.62. The average Bonchev–Trinajstić information content (AvgIpc) is 2.36. The van der Waals surface area contributed by atoms with Crippen molar-refractivity contribution in [2.24, 2.45) is 5.73 Å². The van der Waals surface area contributed by atoms with Gasteiger partial charge >= 0.3 is 0 Å². The van der Waals surface area contributed by atoms with Crippen molar-refractivity contribution in [1.82, 2.24) is 0 Å². The smallest absolute Gasteiger partial charge is 0.125 e. The number of nitrogens with two attached hydrogens (primary N) is 1. The van der Waals surface area contributed by atoms with E-state index < -0.39 is 0 Å². The molecule has 0 radical (unpaired) electrons. The van der Waals surface area contributed by atoms with Crippen LogP contribution in [-0.4, -0.2) is 12.6 Å². The van der Waals surface area contributed by atoms with E-state index in [0.29, 0.717) is 0 Å². The second-order valence-electron chi connectivity index (χ2n) is 4.98. The minimum absolute atomic E-state index is 0. The van der Waals surface area contributed by atoms with Crippen LogP contribution in [0.3, 0.4) is 0 Å². The highest BCUT2D eigenvalue weighted by Gasteiger charge is 2.10. The fourth-order valence-corrected chi connectivity index (χ4v) is 2.17. The summed E-state index contributed by atoms with van der Waals surface area (Å²) in [5.74, 6) is 1.08. The van der Waals surface area contributed by atoms with Crippen LogP contribution in [0, 0.1) is 6.92 Å². The van der Waals surface area contributed by atoms with Crippen molar-refractivity contribution in [3.05, 3.63) is 28.8 Å². The number of benzene rings is 1. The molecule has 0 fully saturated rings. The van der Waals surface area contributed by atoms with Gasteiger partial charge in [0, 0.05) is 6.04 Å². The lowest BCUT2D eigenvalue weighted by Crippen LogP contribution is -2.21. The summed E-state index contributed by atoms with van der Waals surface area (Å²) in [6, 6.07) is 4.74. The molecule has 0 saturated carbocycles. The van der Waals surface area contributed by atoms with Gasteiger partial charge in [-0.15, -0.1) is 12.4 Å². The van der Waals surface area contributed by atoms with Gasteiger partial charge in [-0.2, -0.15) is 0 Å². The second-order valence-corrected chi connectivity index (χ2v) is 4.98. The third-order valence-corrected chi connectivity index (χ3v) is 3.27. The van der Waals surface area contributed by atoms with Crippen LogP contribution in [-0.2, 0) is 12.8 Å². The average molecular weight is 286 g/mol. The molecule has 0 amide bonds. The topological polar surface area (TPSA) is 35.2 Å². The molecule has 0 bridgehead atoms. The van der Waals surface area contributed by atoms with E-state index in [1.165, 1.54) is 16.7 Å². The zero-order valence-corrected chi connectivity index (χ0v) is 13.5. The maximum Gasteiger partial charge on any atom is 0.125 e. The van der Waals surface area contributed by atoms with Gasteiger partial charge in [0.05, 0.1) is 6.61 Å². The lowest BCUT2D eigenvalue weighted by Gasteiger charge is -2.16. The summed E-state index contributed by atoms with van der Waals surface area (Å²) in [4.78, 5) is 0. The fourth-order valence-electron chi connectivity index (χ4n) is 2.17. The Balaban J connectivity index is 0.00000324. The van der Waals surface area contributed by atoms with Gasteiger partial charge in [0.1, 0.15) is 5.75 Å². The number of hydrogen-bond donors (Lipinski definition) is 1.